The maximum absolute atomic E-state index is 9.01. The standard InChI is InChI=1S/C16H21N3O/c20-10-4-9-19-12-17-11-16(19)14-6-2-1-5-13(14)15-7-3-8-18-15/h1-2,5-6,11-12,15,18,20H,3-4,7-10H2. The fraction of sp³-hybridized carbons (Fsp3) is 0.438. The van der Waals surface area contributed by atoms with Gasteiger partial charge in [0.25, 0.3) is 0 Å². The van der Waals surface area contributed by atoms with Crippen LogP contribution in [-0.2, 0) is 6.54 Å². The second-order valence-electron chi connectivity index (χ2n) is 5.29. The molecular weight excluding hydrogens is 250 g/mol. The highest BCUT2D eigenvalue weighted by molar-refractivity contribution is 5.64. The van der Waals surface area contributed by atoms with Crippen molar-refractivity contribution in [2.24, 2.45) is 0 Å². The van der Waals surface area contributed by atoms with Crippen molar-refractivity contribution >= 4 is 0 Å². The van der Waals surface area contributed by atoms with E-state index in [4.69, 9.17) is 5.11 Å². The summed E-state index contributed by atoms with van der Waals surface area (Å²) in [6.07, 6.45) is 6.97. The summed E-state index contributed by atoms with van der Waals surface area (Å²) in [5.74, 6) is 0. The van der Waals surface area contributed by atoms with Gasteiger partial charge in [0.15, 0.2) is 0 Å². The van der Waals surface area contributed by atoms with E-state index >= 15 is 0 Å². The van der Waals surface area contributed by atoms with Crippen molar-refractivity contribution < 1.29 is 5.11 Å². The number of hydrogen-bond donors (Lipinski definition) is 2. The molecule has 3 rings (SSSR count). The number of aryl methyl sites for hydroxylation is 1. The minimum absolute atomic E-state index is 0.212. The van der Waals surface area contributed by atoms with E-state index < -0.39 is 0 Å². The Hall–Kier alpha value is -1.65. The molecular formula is C16H21N3O. The zero-order valence-corrected chi connectivity index (χ0v) is 11.6. The molecule has 0 spiro atoms. The first-order chi connectivity index (χ1) is 9.90. The van der Waals surface area contributed by atoms with E-state index in [0.29, 0.717) is 6.04 Å². The lowest BCUT2D eigenvalue weighted by Crippen LogP contribution is -2.14. The van der Waals surface area contributed by atoms with Gasteiger partial charge in [-0.2, -0.15) is 0 Å². The van der Waals surface area contributed by atoms with Gasteiger partial charge in [-0.1, -0.05) is 24.3 Å². The molecule has 0 saturated carbocycles. The number of benzene rings is 1. The Balaban J connectivity index is 1.95. The molecule has 2 heterocycles. The fourth-order valence-corrected chi connectivity index (χ4v) is 2.95. The van der Waals surface area contributed by atoms with Gasteiger partial charge in [0.1, 0.15) is 0 Å². The predicted octanol–water partition coefficient (Wildman–Crippen LogP) is 2.36. The molecule has 1 aromatic carbocycles. The highest BCUT2D eigenvalue weighted by Gasteiger charge is 2.20. The zero-order valence-electron chi connectivity index (χ0n) is 11.6. The summed E-state index contributed by atoms with van der Waals surface area (Å²) in [6.45, 7) is 2.12. The van der Waals surface area contributed by atoms with Gasteiger partial charge in [-0.3, -0.25) is 0 Å². The summed E-state index contributed by atoms with van der Waals surface area (Å²) in [6, 6.07) is 9.01. The smallest absolute Gasteiger partial charge is 0.0950 e. The average Bonchev–Trinajstić information content (AvgIpc) is 3.16. The van der Waals surface area contributed by atoms with E-state index in [1.54, 1.807) is 0 Å². The van der Waals surface area contributed by atoms with Gasteiger partial charge < -0.3 is 15.0 Å². The molecule has 1 aromatic heterocycles. The minimum atomic E-state index is 0.212. The van der Waals surface area contributed by atoms with E-state index in [9.17, 15) is 0 Å². The molecule has 1 atom stereocenters. The Kier molecular flexibility index (Phi) is 4.14. The van der Waals surface area contributed by atoms with E-state index in [-0.39, 0.29) is 6.61 Å². The Morgan fingerprint density at radius 1 is 1.35 bits per heavy atom. The van der Waals surface area contributed by atoms with Gasteiger partial charge in [-0.05, 0) is 31.4 Å². The molecule has 1 aliphatic rings. The molecule has 106 valence electrons. The Labute approximate surface area is 119 Å². The van der Waals surface area contributed by atoms with Crippen LogP contribution < -0.4 is 5.32 Å². The zero-order chi connectivity index (χ0) is 13.8. The van der Waals surface area contributed by atoms with Gasteiger partial charge in [0, 0.05) is 24.8 Å². The van der Waals surface area contributed by atoms with Crippen LogP contribution in [0.2, 0.25) is 0 Å². The second kappa shape index (κ2) is 6.20. The molecule has 0 amide bonds. The average molecular weight is 271 g/mol. The Morgan fingerprint density at radius 3 is 3.05 bits per heavy atom. The van der Waals surface area contributed by atoms with Crippen molar-refractivity contribution in [1.29, 1.82) is 0 Å². The van der Waals surface area contributed by atoms with E-state index in [1.165, 1.54) is 24.0 Å². The number of imidazole rings is 1. The normalized spacial score (nSPS) is 18.6. The topological polar surface area (TPSA) is 50.1 Å². The number of aliphatic hydroxyl groups is 1. The highest BCUT2D eigenvalue weighted by atomic mass is 16.3. The quantitative estimate of drug-likeness (QED) is 0.877. The van der Waals surface area contributed by atoms with Gasteiger partial charge >= 0.3 is 0 Å². The molecule has 0 aliphatic carbocycles. The number of aliphatic hydroxyl groups excluding tert-OH is 1. The largest absolute Gasteiger partial charge is 0.396 e. The monoisotopic (exact) mass is 271 g/mol. The molecule has 4 nitrogen and oxygen atoms in total. The minimum Gasteiger partial charge on any atom is -0.396 e. The summed E-state index contributed by atoms with van der Waals surface area (Å²) < 4.78 is 2.13. The fourth-order valence-electron chi connectivity index (χ4n) is 2.95. The maximum atomic E-state index is 9.01. The number of nitrogens with one attached hydrogen (secondary N) is 1. The van der Waals surface area contributed by atoms with Crippen LogP contribution in [0.1, 0.15) is 30.9 Å². The van der Waals surface area contributed by atoms with Gasteiger partial charge in [-0.25, -0.2) is 4.98 Å². The first-order valence-corrected chi connectivity index (χ1v) is 7.34. The second-order valence-corrected chi connectivity index (χ2v) is 5.29. The van der Waals surface area contributed by atoms with Crippen LogP contribution in [0.15, 0.2) is 36.8 Å². The molecule has 2 aromatic rings. The summed E-state index contributed by atoms with van der Waals surface area (Å²) in [7, 11) is 0. The highest BCUT2D eigenvalue weighted by Crippen LogP contribution is 2.32. The molecule has 1 fully saturated rings. The van der Waals surface area contributed by atoms with Crippen LogP contribution in [0.3, 0.4) is 0 Å². The lowest BCUT2D eigenvalue weighted by atomic mass is 9.97. The number of nitrogens with zero attached hydrogens (tertiary/aromatic N) is 2. The Morgan fingerprint density at radius 2 is 2.25 bits per heavy atom. The lowest BCUT2D eigenvalue weighted by molar-refractivity contribution is 0.280. The van der Waals surface area contributed by atoms with E-state index in [0.717, 1.165) is 25.2 Å². The summed E-state index contributed by atoms with van der Waals surface area (Å²) >= 11 is 0. The van der Waals surface area contributed by atoms with Crippen molar-refractivity contribution in [2.45, 2.75) is 31.8 Å². The van der Waals surface area contributed by atoms with Crippen LogP contribution >= 0.6 is 0 Å². The predicted molar refractivity (Wildman–Crippen MR) is 79.3 cm³/mol. The molecule has 0 radical (unpaired) electrons. The van der Waals surface area contributed by atoms with Crippen LogP contribution in [-0.4, -0.2) is 27.8 Å². The number of hydrogen-bond acceptors (Lipinski definition) is 3. The molecule has 4 heteroatoms. The third-order valence-electron chi connectivity index (χ3n) is 3.94. The number of rotatable bonds is 5. The molecule has 1 saturated heterocycles. The molecule has 20 heavy (non-hydrogen) atoms. The first kappa shape index (κ1) is 13.3. The van der Waals surface area contributed by atoms with Crippen LogP contribution in [0.4, 0.5) is 0 Å². The van der Waals surface area contributed by atoms with E-state index in [2.05, 4.69) is 39.1 Å². The van der Waals surface area contributed by atoms with Gasteiger partial charge in [0.05, 0.1) is 18.2 Å². The van der Waals surface area contributed by atoms with Crippen LogP contribution in [0.5, 0.6) is 0 Å². The Bertz CT molecular complexity index is 558. The van der Waals surface area contributed by atoms with Crippen molar-refractivity contribution in [3.05, 3.63) is 42.4 Å². The van der Waals surface area contributed by atoms with Crippen molar-refractivity contribution in [3.8, 4) is 11.3 Å². The van der Waals surface area contributed by atoms with Crippen molar-refractivity contribution in [2.75, 3.05) is 13.2 Å². The van der Waals surface area contributed by atoms with E-state index in [1.807, 2.05) is 12.5 Å². The van der Waals surface area contributed by atoms with Gasteiger partial charge in [0.2, 0.25) is 0 Å². The SMILES string of the molecule is OCCCn1cncc1-c1ccccc1C1CCCN1. The summed E-state index contributed by atoms with van der Waals surface area (Å²) in [5, 5.41) is 12.6. The van der Waals surface area contributed by atoms with Crippen LogP contribution in [0, 0.1) is 0 Å². The van der Waals surface area contributed by atoms with Crippen molar-refractivity contribution in [3.63, 3.8) is 0 Å². The molecule has 1 aliphatic heterocycles. The third-order valence-corrected chi connectivity index (χ3v) is 3.94. The first-order valence-electron chi connectivity index (χ1n) is 7.34. The molecule has 1 unspecified atom stereocenters. The van der Waals surface area contributed by atoms with Gasteiger partial charge in [-0.15, -0.1) is 0 Å². The van der Waals surface area contributed by atoms with Crippen LogP contribution in [0.25, 0.3) is 11.3 Å². The molecule has 2 N–H and O–H groups in total. The third kappa shape index (κ3) is 2.62. The summed E-state index contributed by atoms with van der Waals surface area (Å²) in [4.78, 5) is 4.28. The maximum Gasteiger partial charge on any atom is 0.0950 e. The van der Waals surface area contributed by atoms with Crippen molar-refractivity contribution in [1.82, 2.24) is 14.9 Å². The summed E-state index contributed by atoms with van der Waals surface area (Å²) in [5.41, 5.74) is 3.75. The number of aromatic nitrogens is 2. The lowest BCUT2D eigenvalue weighted by Gasteiger charge is -2.17. The molecule has 0 bridgehead atoms.